The minimum Gasteiger partial charge on any atom is -0.493 e. The summed E-state index contributed by atoms with van der Waals surface area (Å²) in [7, 11) is 0. The van der Waals surface area contributed by atoms with Crippen molar-refractivity contribution in [2.24, 2.45) is 5.92 Å². The average Bonchev–Trinajstić information content (AvgIpc) is 2.26. The lowest BCUT2D eigenvalue weighted by Crippen LogP contribution is -2.09. The van der Waals surface area contributed by atoms with Crippen molar-refractivity contribution in [1.82, 2.24) is 0 Å². The van der Waals surface area contributed by atoms with Crippen LogP contribution in [-0.2, 0) is 5.33 Å². The molecule has 1 aromatic carbocycles. The molecule has 0 heterocycles. The van der Waals surface area contributed by atoms with Crippen LogP contribution in [0.15, 0.2) is 16.6 Å². The summed E-state index contributed by atoms with van der Waals surface area (Å²) in [4.78, 5) is 0. The van der Waals surface area contributed by atoms with E-state index in [0.29, 0.717) is 5.92 Å². The van der Waals surface area contributed by atoms with E-state index in [2.05, 4.69) is 64.8 Å². The van der Waals surface area contributed by atoms with Crippen LogP contribution in [-0.4, -0.2) is 6.61 Å². The highest BCUT2D eigenvalue weighted by Gasteiger charge is 2.09. The standard InChI is InChI=1S/C13H18Br2O/c1-4-9(2)8-16-13-10(3)5-12(15)6-11(13)7-14/h5-6,9H,4,7-8H2,1-3H3. The van der Waals surface area contributed by atoms with Crippen LogP contribution in [0.1, 0.15) is 31.4 Å². The Kier molecular flexibility index (Phi) is 5.84. The number of ether oxygens (including phenoxy) is 1. The fraction of sp³-hybridized carbons (Fsp3) is 0.538. The van der Waals surface area contributed by atoms with Crippen LogP contribution in [0.5, 0.6) is 5.75 Å². The summed E-state index contributed by atoms with van der Waals surface area (Å²) in [5, 5.41) is 0.823. The number of aryl methyl sites for hydroxylation is 1. The number of hydrogen-bond acceptors (Lipinski definition) is 1. The lowest BCUT2D eigenvalue weighted by Gasteiger charge is -2.16. The van der Waals surface area contributed by atoms with Crippen molar-refractivity contribution >= 4 is 31.9 Å². The summed E-state index contributed by atoms with van der Waals surface area (Å²) in [5.74, 6) is 1.63. The molecular formula is C13H18Br2O. The van der Waals surface area contributed by atoms with Gasteiger partial charge >= 0.3 is 0 Å². The van der Waals surface area contributed by atoms with E-state index in [4.69, 9.17) is 4.74 Å². The van der Waals surface area contributed by atoms with E-state index in [1.165, 1.54) is 11.1 Å². The second kappa shape index (κ2) is 6.65. The highest BCUT2D eigenvalue weighted by molar-refractivity contribution is 9.10. The molecule has 0 N–H and O–H groups in total. The maximum absolute atomic E-state index is 5.92. The van der Waals surface area contributed by atoms with E-state index in [0.717, 1.165) is 28.6 Å². The average molecular weight is 350 g/mol. The monoisotopic (exact) mass is 348 g/mol. The van der Waals surface area contributed by atoms with Gasteiger partial charge in [0.1, 0.15) is 5.75 Å². The first-order valence-electron chi connectivity index (χ1n) is 5.56. The number of halogens is 2. The third-order valence-corrected chi connectivity index (χ3v) is 3.73. The Morgan fingerprint density at radius 3 is 2.62 bits per heavy atom. The van der Waals surface area contributed by atoms with Gasteiger partial charge in [-0.15, -0.1) is 0 Å². The normalized spacial score (nSPS) is 12.6. The first-order valence-corrected chi connectivity index (χ1v) is 7.47. The molecule has 0 saturated heterocycles. The maximum atomic E-state index is 5.92. The molecule has 16 heavy (non-hydrogen) atoms. The van der Waals surface area contributed by atoms with E-state index < -0.39 is 0 Å². The lowest BCUT2D eigenvalue weighted by molar-refractivity contribution is 0.253. The number of hydrogen-bond donors (Lipinski definition) is 0. The summed E-state index contributed by atoms with van der Waals surface area (Å²) in [6, 6.07) is 4.20. The fourth-order valence-electron chi connectivity index (χ4n) is 1.45. The number of alkyl halides is 1. The first-order chi connectivity index (χ1) is 7.58. The summed E-state index contributed by atoms with van der Waals surface area (Å²) in [5.41, 5.74) is 2.39. The number of benzene rings is 1. The smallest absolute Gasteiger partial charge is 0.126 e. The predicted molar refractivity (Wildman–Crippen MR) is 76.5 cm³/mol. The first kappa shape index (κ1) is 14.0. The quantitative estimate of drug-likeness (QED) is 0.673. The van der Waals surface area contributed by atoms with Crippen molar-refractivity contribution in [2.75, 3.05) is 6.61 Å². The summed E-state index contributed by atoms with van der Waals surface area (Å²) < 4.78 is 7.02. The van der Waals surface area contributed by atoms with E-state index >= 15 is 0 Å². The van der Waals surface area contributed by atoms with Gasteiger partial charge in [-0.2, -0.15) is 0 Å². The molecular weight excluding hydrogens is 332 g/mol. The Morgan fingerprint density at radius 2 is 2.06 bits per heavy atom. The molecule has 0 aliphatic heterocycles. The van der Waals surface area contributed by atoms with Gasteiger partial charge in [-0.3, -0.25) is 0 Å². The van der Waals surface area contributed by atoms with Crippen molar-refractivity contribution in [2.45, 2.75) is 32.5 Å². The van der Waals surface area contributed by atoms with Gasteiger partial charge in [0, 0.05) is 15.4 Å². The van der Waals surface area contributed by atoms with Crippen LogP contribution in [0, 0.1) is 12.8 Å². The van der Waals surface area contributed by atoms with E-state index in [1.54, 1.807) is 0 Å². The molecule has 0 aliphatic rings. The minimum atomic E-state index is 0.603. The van der Waals surface area contributed by atoms with Crippen molar-refractivity contribution in [1.29, 1.82) is 0 Å². The Balaban J connectivity index is 2.85. The predicted octanol–water partition coefficient (Wildman–Crippen LogP) is 5.08. The van der Waals surface area contributed by atoms with Crippen molar-refractivity contribution in [3.8, 4) is 5.75 Å². The zero-order valence-electron chi connectivity index (χ0n) is 10.0. The molecule has 0 aliphatic carbocycles. The van der Waals surface area contributed by atoms with Gasteiger partial charge in [0.15, 0.2) is 0 Å². The van der Waals surface area contributed by atoms with E-state index in [1.807, 2.05) is 0 Å². The topological polar surface area (TPSA) is 9.23 Å². The Hall–Kier alpha value is -0.0200. The van der Waals surface area contributed by atoms with Gasteiger partial charge < -0.3 is 4.74 Å². The van der Waals surface area contributed by atoms with Crippen LogP contribution in [0.2, 0.25) is 0 Å². The third kappa shape index (κ3) is 3.77. The van der Waals surface area contributed by atoms with Gasteiger partial charge in [-0.1, -0.05) is 52.1 Å². The zero-order valence-corrected chi connectivity index (χ0v) is 13.2. The van der Waals surface area contributed by atoms with E-state index in [9.17, 15) is 0 Å². The van der Waals surface area contributed by atoms with Crippen LogP contribution >= 0.6 is 31.9 Å². The Morgan fingerprint density at radius 1 is 1.38 bits per heavy atom. The molecule has 1 rings (SSSR count). The van der Waals surface area contributed by atoms with Gasteiger partial charge in [-0.05, 0) is 30.5 Å². The maximum Gasteiger partial charge on any atom is 0.126 e. The second-order valence-corrected chi connectivity index (χ2v) is 5.65. The molecule has 0 radical (unpaired) electrons. The molecule has 0 amide bonds. The summed E-state index contributed by atoms with van der Waals surface area (Å²) >= 11 is 7.01. The third-order valence-electron chi connectivity index (χ3n) is 2.67. The highest BCUT2D eigenvalue weighted by atomic mass is 79.9. The molecule has 1 aromatic rings. The fourth-order valence-corrected chi connectivity index (χ4v) is 2.48. The van der Waals surface area contributed by atoms with Gasteiger partial charge in [0.2, 0.25) is 0 Å². The molecule has 0 spiro atoms. The van der Waals surface area contributed by atoms with Crippen molar-refractivity contribution in [3.05, 3.63) is 27.7 Å². The van der Waals surface area contributed by atoms with Crippen LogP contribution in [0.3, 0.4) is 0 Å². The largest absolute Gasteiger partial charge is 0.493 e. The minimum absolute atomic E-state index is 0.603. The van der Waals surface area contributed by atoms with E-state index in [-0.39, 0.29) is 0 Å². The molecule has 3 heteroatoms. The molecule has 0 bridgehead atoms. The molecule has 1 nitrogen and oxygen atoms in total. The summed E-state index contributed by atoms with van der Waals surface area (Å²) in [6.45, 7) is 7.28. The van der Waals surface area contributed by atoms with Gasteiger partial charge in [0.05, 0.1) is 6.61 Å². The van der Waals surface area contributed by atoms with Crippen LogP contribution in [0.4, 0.5) is 0 Å². The Labute approximate surface area is 115 Å². The van der Waals surface area contributed by atoms with Crippen LogP contribution < -0.4 is 4.74 Å². The molecule has 0 fully saturated rings. The zero-order chi connectivity index (χ0) is 12.1. The molecule has 90 valence electrons. The second-order valence-electron chi connectivity index (χ2n) is 4.17. The van der Waals surface area contributed by atoms with Gasteiger partial charge in [-0.25, -0.2) is 0 Å². The van der Waals surface area contributed by atoms with Crippen LogP contribution in [0.25, 0.3) is 0 Å². The van der Waals surface area contributed by atoms with Gasteiger partial charge in [0.25, 0.3) is 0 Å². The van der Waals surface area contributed by atoms with Crippen molar-refractivity contribution < 1.29 is 4.74 Å². The molecule has 0 saturated carbocycles. The highest BCUT2D eigenvalue weighted by Crippen LogP contribution is 2.30. The molecule has 1 unspecified atom stereocenters. The molecule has 1 atom stereocenters. The Bertz CT molecular complexity index is 350. The summed E-state index contributed by atoms with van der Waals surface area (Å²) in [6.07, 6.45) is 1.15. The molecule has 0 aromatic heterocycles. The SMILES string of the molecule is CCC(C)COc1c(C)cc(Br)cc1CBr. The number of rotatable bonds is 5. The lowest BCUT2D eigenvalue weighted by atomic mass is 10.1. The van der Waals surface area contributed by atoms with Crippen molar-refractivity contribution in [3.63, 3.8) is 0 Å².